The van der Waals surface area contributed by atoms with Gasteiger partial charge in [0, 0.05) is 16.5 Å². The Morgan fingerprint density at radius 3 is 1.25 bits per heavy atom. The van der Waals surface area contributed by atoms with Crippen LogP contribution in [0.5, 0.6) is 0 Å². The maximum absolute atomic E-state index is 0. The zero-order valence-corrected chi connectivity index (χ0v) is 5.21. The molecule has 0 aromatic heterocycles. The van der Waals surface area contributed by atoms with Crippen LogP contribution in [0.2, 0.25) is 0 Å². The second-order valence-corrected chi connectivity index (χ2v) is 0. The summed E-state index contributed by atoms with van der Waals surface area (Å²) in [6.07, 6.45) is 0. The summed E-state index contributed by atoms with van der Waals surface area (Å²) in [4.78, 5) is 0. The molecule has 4 heteroatoms. The van der Waals surface area contributed by atoms with Crippen LogP contribution in [0.4, 0.5) is 0 Å². The Kier molecular flexibility index (Phi) is 236. The first-order valence-electron chi connectivity index (χ1n) is 0. The van der Waals surface area contributed by atoms with E-state index in [2.05, 4.69) is 0 Å². The molecular formula is H2CoMgNiO. The topological polar surface area (TPSA) is 28.5 Å². The Morgan fingerprint density at radius 2 is 1.25 bits per heavy atom. The van der Waals surface area contributed by atoms with Crippen molar-refractivity contribution in [1.29, 1.82) is 0 Å². The van der Waals surface area contributed by atoms with Crippen molar-refractivity contribution >= 4 is 23.1 Å². The number of hydrogen-bond donors (Lipinski definition) is 0. The van der Waals surface area contributed by atoms with Crippen molar-refractivity contribution in [1.82, 2.24) is 0 Å². The van der Waals surface area contributed by atoms with Gasteiger partial charge in [-0.1, -0.05) is 0 Å². The molecule has 1 radical (unpaired) electrons. The van der Waals surface area contributed by atoms with Gasteiger partial charge in [0.15, 0.2) is 0 Å². The van der Waals surface area contributed by atoms with Crippen molar-refractivity contribution in [2.24, 2.45) is 0 Å². The molecule has 0 saturated carbocycles. The first kappa shape index (κ1) is 42.9. The summed E-state index contributed by atoms with van der Waals surface area (Å²) >= 11 is 0. The van der Waals surface area contributed by atoms with Gasteiger partial charge in [0.2, 0.25) is 0 Å². The molecule has 0 aromatic rings. The molecule has 0 saturated heterocycles. The molecule has 0 unspecified atom stereocenters. The molecule has 0 N–H and O–H groups in total. The number of hydrogen-bond acceptors (Lipinski definition) is 0. The Balaban J connectivity index is 0. The largest absolute Gasteiger partial charge is 2.00 e. The van der Waals surface area contributed by atoms with E-state index in [9.17, 15) is 0 Å². The molecule has 0 amide bonds. The maximum atomic E-state index is 0. The molecule has 0 heterocycles. The van der Waals surface area contributed by atoms with E-state index >= 15 is 0 Å². The molecule has 29 valence electrons. The molecule has 0 bridgehead atoms. The van der Waals surface area contributed by atoms with Gasteiger partial charge in [-0.3, -0.25) is 0 Å². The third-order valence-electron chi connectivity index (χ3n) is 0. The molecule has 0 atom stereocenters. The van der Waals surface area contributed by atoms with Crippen LogP contribution in [-0.4, -0.2) is 23.1 Å². The average molecular weight is 160 g/mol. The van der Waals surface area contributed by atoms with Crippen LogP contribution in [0.1, 0.15) is 2.85 Å². The Morgan fingerprint density at radius 1 is 1.25 bits per heavy atom. The first-order valence-corrected chi connectivity index (χ1v) is 0. The van der Waals surface area contributed by atoms with Crippen molar-refractivity contribution in [3.63, 3.8) is 0 Å². The predicted octanol–water partition coefficient (Wildman–Crippen LogP) is -0.280. The van der Waals surface area contributed by atoms with Crippen LogP contribution in [0.15, 0.2) is 0 Å². The van der Waals surface area contributed by atoms with Crippen molar-refractivity contribution in [3.8, 4) is 0 Å². The van der Waals surface area contributed by atoms with E-state index in [-0.39, 0.29) is 64.7 Å². The molecule has 0 aromatic carbocycles. The van der Waals surface area contributed by atoms with E-state index in [1.54, 1.807) is 0 Å². The summed E-state index contributed by atoms with van der Waals surface area (Å²) in [5.74, 6) is 0. The average Bonchev–Trinajstić information content (AvgIpc) is 0. The summed E-state index contributed by atoms with van der Waals surface area (Å²) in [6, 6.07) is 0. The van der Waals surface area contributed by atoms with Gasteiger partial charge >= 0.3 is 39.8 Å². The molecule has 0 spiro atoms. The van der Waals surface area contributed by atoms with Gasteiger partial charge in [-0.2, -0.15) is 0 Å². The van der Waals surface area contributed by atoms with Gasteiger partial charge in [0.05, 0.1) is 0 Å². The zero-order chi connectivity index (χ0) is 0. The zero-order valence-electron chi connectivity index (χ0n) is 3.76. The van der Waals surface area contributed by atoms with E-state index in [1.165, 1.54) is 0 Å². The number of rotatable bonds is 0. The fraction of sp³-hybridized carbons (Fsp3) is 0. The van der Waals surface area contributed by atoms with Crippen LogP contribution in [0.3, 0.4) is 0 Å². The summed E-state index contributed by atoms with van der Waals surface area (Å²) in [5, 5.41) is 0. The normalized spacial score (nSPS) is 0. The standard InChI is InChI=1S/Co.Mg.Ni.O.2H/q2*+2;;-2;2*-1. The van der Waals surface area contributed by atoms with Gasteiger partial charge in [0.1, 0.15) is 0 Å². The van der Waals surface area contributed by atoms with Crippen LogP contribution >= 0.6 is 0 Å². The smallest absolute Gasteiger partial charge is 2.00 e. The van der Waals surface area contributed by atoms with E-state index in [0.717, 1.165) is 0 Å². The van der Waals surface area contributed by atoms with Crippen molar-refractivity contribution < 1.29 is 41.6 Å². The Hall–Kier alpha value is 1.73. The van der Waals surface area contributed by atoms with Crippen molar-refractivity contribution in [2.75, 3.05) is 0 Å². The SMILES string of the molecule is [Co+2].[H-].[H-].[Mg+2].[Ni].[O-2]. The van der Waals surface area contributed by atoms with Crippen LogP contribution < -0.4 is 0 Å². The quantitative estimate of drug-likeness (QED) is 0.436. The van der Waals surface area contributed by atoms with E-state index in [1.807, 2.05) is 0 Å². The van der Waals surface area contributed by atoms with Gasteiger partial charge in [-0.05, 0) is 0 Å². The van der Waals surface area contributed by atoms with Gasteiger partial charge in [-0.15, -0.1) is 0 Å². The van der Waals surface area contributed by atoms with Crippen molar-refractivity contribution in [3.05, 3.63) is 0 Å². The molecule has 0 aliphatic carbocycles. The van der Waals surface area contributed by atoms with Gasteiger partial charge < -0.3 is 8.33 Å². The van der Waals surface area contributed by atoms with Crippen LogP contribution in [-0.2, 0) is 38.7 Å². The van der Waals surface area contributed by atoms with E-state index in [4.69, 9.17) is 0 Å². The molecule has 0 fully saturated rings. The molecule has 0 aliphatic heterocycles. The van der Waals surface area contributed by atoms with Crippen LogP contribution in [0.25, 0.3) is 0 Å². The minimum atomic E-state index is 0. The van der Waals surface area contributed by atoms with E-state index < -0.39 is 0 Å². The third kappa shape index (κ3) is 9.29. The second-order valence-electron chi connectivity index (χ2n) is 0. The minimum absolute atomic E-state index is 0. The third-order valence-corrected chi connectivity index (χ3v) is 0. The molecular weight excluding hydrogens is 158 g/mol. The molecule has 0 aliphatic rings. The molecule has 1 nitrogen and oxygen atoms in total. The van der Waals surface area contributed by atoms with Crippen molar-refractivity contribution in [2.45, 2.75) is 0 Å². The summed E-state index contributed by atoms with van der Waals surface area (Å²) in [5.41, 5.74) is 0. The summed E-state index contributed by atoms with van der Waals surface area (Å²) in [6.45, 7) is 0. The van der Waals surface area contributed by atoms with Gasteiger partial charge in [-0.25, -0.2) is 0 Å². The minimum Gasteiger partial charge on any atom is -2.00 e. The predicted molar refractivity (Wildman–Crippen MR) is 8.66 cm³/mol. The maximum Gasteiger partial charge on any atom is 2.00 e. The molecule has 4 heavy (non-hydrogen) atoms. The molecule has 0 rings (SSSR count). The fourth-order valence-corrected chi connectivity index (χ4v) is 0. The van der Waals surface area contributed by atoms with E-state index in [0.29, 0.717) is 0 Å². The first-order chi connectivity index (χ1) is 0. The Labute approximate surface area is 64.5 Å². The summed E-state index contributed by atoms with van der Waals surface area (Å²) in [7, 11) is 0. The van der Waals surface area contributed by atoms with Gasteiger partial charge in [0.25, 0.3) is 0 Å². The summed E-state index contributed by atoms with van der Waals surface area (Å²) < 4.78 is 0. The Bertz CT molecular complexity index is 13.5. The second kappa shape index (κ2) is 22.0. The fourth-order valence-electron chi connectivity index (χ4n) is 0. The van der Waals surface area contributed by atoms with Crippen LogP contribution in [0, 0.1) is 0 Å². The monoisotopic (exact) mass is 159 g/mol.